The van der Waals surface area contributed by atoms with Crippen molar-refractivity contribution in [3.63, 3.8) is 0 Å². The first-order valence-corrected chi connectivity index (χ1v) is 7.57. The number of nitrogens with zero attached hydrogens (tertiary/aromatic N) is 3. The minimum atomic E-state index is -0.814. The van der Waals surface area contributed by atoms with Gasteiger partial charge < -0.3 is 5.11 Å². The fourth-order valence-corrected chi connectivity index (χ4v) is 3.04. The van der Waals surface area contributed by atoms with Gasteiger partial charge in [0.25, 0.3) is 0 Å². The van der Waals surface area contributed by atoms with E-state index in [1.54, 1.807) is 4.90 Å². The van der Waals surface area contributed by atoms with Gasteiger partial charge >= 0.3 is 5.97 Å². The van der Waals surface area contributed by atoms with Gasteiger partial charge in [0.2, 0.25) is 5.91 Å². The highest BCUT2D eigenvalue weighted by molar-refractivity contribution is 7.14. The number of anilines is 1. The van der Waals surface area contributed by atoms with Gasteiger partial charge in [0.05, 0.1) is 12.2 Å². The van der Waals surface area contributed by atoms with Gasteiger partial charge in [-0.05, 0) is 19.8 Å². The first kappa shape index (κ1) is 14.9. The highest BCUT2D eigenvalue weighted by Crippen LogP contribution is 2.29. The van der Waals surface area contributed by atoms with E-state index in [1.165, 1.54) is 18.3 Å². The lowest BCUT2D eigenvalue weighted by Gasteiger charge is -2.18. The Morgan fingerprint density at radius 3 is 2.70 bits per heavy atom. The number of rotatable bonds is 7. The molecule has 1 N–H and O–H groups in total. The van der Waals surface area contributed by atoms with Crippen molar-refractivity contribution in [3.05, 3.63) is 11.1 Å². The molecule has 1 saturated carbocycles. The zero-order chi connectivity index (χ0) is 14.7. The van der Waals surface area contributed by atoms with Crippen LogP contribution in [0, 0.1) is 0 Å². The first-order valence-electron chi connectivity index (χ1n) is 6.69. The Kier molecular flexibility index (Phi) is 4.72. The van der Waals surface area contributed by atoms with Gasteiger partial charge in [-0.3, -0.25) is 19.4 Å². The molecule has 7 heteroatoms. The third kappa shape index (κ3) is 3.77. The standard InChI is InChI=1S/C13H19N3O3S/c1-3-16(9(2)17)13-14-10(8-20-13)6-15(7-12(18)19)11-4-5-11/h8,11H,3-7H2,1-2H3,(H,18,19). The van der Waals surface area contributed by atoms with Crippen LogP contribution in [0.5, 0.6) is 0 Å². The Morgan fingerprint density at radius 2 is 2.20 bits per heavy atom. The molecule has 1 aromatic heterocycles. The van der Waals surface area contributed by atoms with Crippen LogP contribution in [0.4, 0.5) is 5.13 Å². The van der Waals surface area contributed by atoms with Crippen LogP contribution < -0.4 is 4.90 Å². The summed E-state index contributed by atoms with van der Waals surface area (Å²) in [5, 5.41) is 11.5. The Hall–Kier alpha value is -1.47. The van der Waals surface area contributed by atoms with Crippen LogP contribution in [0.3, 0.4) is 0 Å². The van der Waals surface area contributed by atoms with Crippen molar-refractivity contribution in [2.75, 3.05) is 18.0 Å². The number of aromatic nitrogens is 1. The third-order valence-corrected chi connectivity index (χ3v) is 4.15. The molecule has 2 rings (SSSR count). The maximum atomic E-state index is 11.5. The molecule has 1 aliphatic carbocycles. The summed E-state index contributed by atoms with van der Waals surface area (Å²) in [5.74, 6) is -0.843. The average molecular weight is 297 g/mol. The SMILES string of the molecule is CCN(C(C)=O)c1nc(CN(CC(=O)O)C2CC2)cs1. The maximum absolute atomic E-state index is 11.5. The molecule has 1 fully saturated rings. The highest BCUT2D eigenvalue weighted by atomic mass is 32.1. The summed E-state index contributed by atoms with van der Waals surface area (Å²) in [4.78, 5) is 30.3. The maximum Gasteiger partial charge on any atom is 0.317 e. The summed E-state index contributed by atoms with van der Waals surface area (Å²) >= 11 is 1.42. The van der Waals surface area contributed by atoms with Gasteiger partial charge in [0.15, 0.2) is 5.13 Å². The van der Waals surface area contributed by atoms with Crippen molar-refractivity contribution in [3.8, 4) is 0 Å². The van der Waals surface area contributed by atoms with Crippen LogP contribution >= 0.6 is 11.3 Å². The Balaban J connectivity index is 2.04. The van der Waals surface area contributed by atoms with E-state index in [1.807, 2.05) is 17.2 Å². The van der Waals surface area contributed by atoms with Gasteiger partial charge in [-0.15, -0.1) is 11.3 Å². The van der Waals surface area contributed by atoms with E-state index in [-0.39, 0.29) is 12.5 Å². The van der Waals surface area contributed by atoms with Gasteiger partial charge in [-0.2, -0.15) is 0 Å². The second-order valence-electron chi connectivity index (χ2n) is 4.91. The van der Waals surface area contributed by atoms with Crippen LogP contribution in [-0.4, -0.2) is 46.0 Å². The Labute approximate surface area is 122 Å². The van der Waals surface area contributed by atoms with E-state index in [0.717, 1.165) is 18.5 Å². The molecule has 110 valence electrons. The molecular formula is C13H19N3O3S. The van der Waals surface area contributed by atoms with Crippen molar-refractivity contribution in [1.82, 2.24) is 9.88 Å². The molecule has 1 amide bonds. The molecule has 1 aromatic rings. The Bertz CT molecular complexity index is 499. The molecule has 0 radical (unpaired) electrons. The number of carboxylic acids is 1. The average Bonchev–Trinajstić information content (AvgIpc) is 3.11. The normalized spacial score (nSPS) is 14.6. The van der Waals surface area contributed by atoms with Crippen molar-refractivity contribution in [2.24, 2.45) is 0 Å². The van der Waals surface area contributed by atoms with Crippen LogP contribution in [0.25, 0.3) is 0 Å². The number of hydrogen-bond donors (Lipinski definition) is 1. The van der Waals surface area contributed by atoms with E-state index >= 15 is 0 Å². The number of carboxylic acid groups (broad SMARTS) is 1. The van der Waals surface area contributed by atoms with E-state index in [2.05, 4.69) is 4.98 Å². The summed E-state index contributed by atoms with van der Waals surface area (Å²) in [6.45, 7) is 4.59. The molecule has 0 bridgehead atoms. The molecule has 0 spiro atoms. The van der Waals surface area contributed by atoms with Crippen molar-refractivity contribution in [2.45, 2.75) is 39.3 Å². The van der Waals surface area contributed by atoms with Gasteiger partial charge in [-0.25, -0.2) is 4.98 Å². The number of carbonyl (C=O) groups excluding carboxylic acids is 1. The molecule has 0 aliphatic heterocycles. The van der Waals surface area contributed by atoms with Gasteiger partial charge in [0.1, 0.15) is 0 Å². The number of aliphatic carboxylic acids is 1. The summed E-state index contributed by atoms with van der Waals surface area (Å²) in [6, 6.07) is 0.367. The molecule has 0 saturated heterocycles. The summed E-state index contributed by atoms with van der Waals surface area (Å²) < 4.78 is 0. The topological polar surface area (TPSA) is 73.7 Å². The van der Waals surface area contributed by atoms with Crippen molar-refractivity contribution < 1.29 is 14.7 Å². The predicted molar refractivity (Wildman–Crippen MR) is 76.9 cm³/mol. The molecular weight excluding hydrogens is 278 g/mol. The van der Waals surface area contributed by atoms with Crippen LogP contribution in [-0.2, 0) is 16.1 Å². The molecule has 0 aromatic carbocycles. The lowest BCUT2D eigenvalue weighted by Crippen LogP contribution is -2.31. The number of thiazole rings is 1. The number of carbonyl (C=O) groups is 2. The Morgan fingerprint density at radius 1 is 1.50 bits per heavy atom. The fourth-order valence-electron chi connectivity index (χ4n) is 2.12. The largest absolute Gasteiger partial charge is 0.480 e. The second kappa shape index (κ2) is 6.32. The molecule has 1 aliphatic rings. The molecule has 20 heavy (non-hydrogen) atoms. The van der Waals surface area contributed by atoms with Crippen molar-refractivity contribution in [1.29, 1.82) is 0 Å². The summed E-state index contributed by atoms with van der Waals surface area (Å²) in [5.41, 5.74) is 0.831. The minimum absolute atomic E-state index is 0.0296. The monoisotopic (exact) mass is 297 g/mol. The molecule has 0 atom stereocenters. The predicted octanol–water partition coefficient (Wildman–Crippen LogP) is 1.56. The molecule has 1 heterocycles. The van der Waals surface area contributed by atoms with E-state index < -0.39 is 5.97 Å². The van der Waals surface area contributed by atoms with Gasteiger partial charge in [0, 0.05) is 31.4 Å². The first-order chi connectivity index (χ1) is 9.51. The minimum Gasteiger partial charge on any atom is -0.480 e. The van der Waals surface area contributed by atoms with E-state index in [9.17, 15) is 9.59 Å². The second-order valence-corrected chi connectivity index (χ2v) is 5.75. The zero-order valence-corrected chi connectivity index (χ0v) is 12.5. The summed E-state index contributed by atoms with van der Waals surface area (Å²) in [7, 11) is 0. The molecule has 0 unspecified atom stereocenters. The zero-order valence-electron chi connectivity index (χ0n) is 11.7. The van der Waals surface area contributed by atoms with Crippen LogP contribution in [0.1, 0.15) is 32.4 Å². The van der Waals surface area contributed by atoms with E-state index in [0.29, 0.717) is 24.3 Å². The number of amides is 1. The summed E-state index contributed by atoms with van der Waals surface area (Å²) in [6.07, 6.45) is 2.11. The number of hydrogen-bond acceptors (Lipinski definition) is 5. The van der Waals surface area contributed by atoms with Crippen LogP contribution in [0.15, 0.2) is 5.38 Å². The van der Waals surface area contributed by atoms with E-state index in [4.69, 9.17) is 5.11 Å². The lowest BCUT2D eigenvalue weighted by molar-refractivity contribution is -0.138. The van der Waals surface area contributed by atoms with Gasteiger partial charge in [-0.1, -0.05) is 0 Å². The fraction of sp³-hybridized carbons (Fsp3) is 0.615. The molecule has 6 nitrogen and oxygen atoms in total. The lowest BCUT2D eigenvalue weighted by atomic mass is 10.4. The quantitative estimate of drug-likeness (QED) is 0.827. The highest BCUT2D eigenvalue weighted by Gasteiger charge is 2.30. The van der Waals surface area contributed by atoms with Crippen LogP contribution in [0.2, 0.25) is 0 Å². The van der Waals surface area contributed by atoms with Crippen molar-refractivity contribution >= 4 is 28.3 Å². The smallest absolute Gasteiger partial charge is 0.317 e. The third-order valence-electron chi connectivity index (χ3n) is 3.23.